The van der Waals surface area contributed by atoms with E-state index in [9.17, 15) is 18.0 Å². The number of aromatic nitrogens is 4. The molecule has 0 spiro atoms. The van der Waals surface area contributed by atoms with Crippen molar-refractivity contribution in [3.63, 3.8) is 0 Å². The van der Waals surface area contributed by atoms with E-state index in [0.717, 1.165) is 34.3 Å². The van der Waals surface area contributed by atoms with Gasteiger partial charge in [0.2, 0.25) is 0 Å². The van der Waals surface area contributed by atoms with E-state index in [1.165, 1.54) is 4.68 Å². The maximum atomic E-state index is 13.2. The second kappa shape index (κ2) is 9.73. The number of hydrogen-bond donors (Lipinski definition) is 1. The number of rotatable bonds is 8. The molecular weight excluding hydrogens is 535 g/mol. The SMILES string of the molecule is Cc1nn(Cc2ccc(C(=O)NCCCn3nc(C(F)(F)F)c(Cl)c3C3CC3)cc2)c(C)c1Br. The third kappa shape index (κ3) is 5.33. The Bertz CT molecular complexity index is 1200. The number of benzene rings is 1. The lowest BCUT2D eigenvalue weighted by Gasteiger charge is -2.09. The van der Waals surface area contributed by atoms with E-state index >= 15 is 0 Å². The molecule has 1 N–H and O–H groups in total. The van der Waals surface area contributed by atoms with Crippen molar-refractivity contribution in [1.82, 2.24) is 24.9 Å². The molecule has 2 heterocycles. The van der Waals surface area contributed by atoms with Crippen molar-refractivity contribution in [2.75, 3.05) is 6.54 Å². The van der Waals surface area contributed by atoms with Crippen LogP contribution in [0.3, 0.4) is 0 Å². The first-order valence-electron chi connectivity index (χ1n) is 11.0. The van der Waals surface area contributed by atoms with E-state index in [4.69, 9.17) is 11.6 Å². The molecule has 4 rings (SSSR count). The number of carbonyl (C=O) groups excluding carboxylic acids is 1. The minimum absolute atomic E-state index is 0.0276. The van der Waals surface area contributed by atoms with Crippen LogP contribution in [-0.2, 0) is 19.3 Å². The number of nitrogens with one attached hydrogen (secondary N) is 1. The molecule has 182 valence electrons. The quantitative estimate of drug-likeness (QED) is 0.351. The number of nitrogens with zero attached hydrogens (tertiary/aromatic N) is 4. The third-order valence-corrected chi connectivity index (χ3v) is 7.36. The van der Waals surface area contributed by atoms with Crippen LogP contribution in [0.2, 0.25) is 5.02 Å². The highest BCUT2D eigenvalue weighted by atomic mass is 79.9. The van der Waals surface area contributed by atoms with Crippen molar-refractivity contribution in [1.29, 1.82) is 0 Å². The van der Waals surface area contributed by atoms with Gasteiger partial charge in [-0.25, -0.2) is 0 Å². The second-order valence-corrected chi connectivity index (χ2v) is 9.66. The molecule has 2 aromatic heterocycles. The lowest BCUT2D eigenvalue weighted by molar-refractivity contribution is -0.141. The van der Waals surface area contributed by atoms with Gasteiger partial charge in [-0.05, 0) is 66.7 Å². The molecule has 1 saturated carbocycles. The summed E-state index contributed by atoms with van der Waals surface area (Å²) in [6.07, 6.45) is -2.53. The smallest absolute Gasteiger partial charge is 0.352 e. The zero-order chi connectivity index (χ0) is 24.6. The van der Waals surface area contributed by atoms with Crippen molar-refractivity contribution in [2.24, 2.45) is 0 Å². The average Bonchev–Trinajstić information content (AvgIpc) is 3.52. The molecule has 0 radical (unpaired) electrons. The summed E-state index contributed by atoms with van der Waals surface area (Å²) in [7, 11) is 0. The van der Waals surface area contributed by atoms with Crippen LogP contribution < -0.4 is 5.32 Å². The molecule has 1 aliphatic rings. The molecular formula is C23H24BrClF3N5O. The largest absolute Gasteiger partial charge is 0.436 e. The first-order valence-corrected chi connectivity index (χ1v) is 12.1. The summed E-state index contributed by atoms with van der Waals surface area (Å²) in [5, 5.41) is 10.7. The van der Waals surface area contributed by atoms with Gasteiger partial charge in [0.15, 0.2) is 5.69 Å². The molecule has 0 unspecified atom stereocenters. The van der Waals surface area contributed by atoms with E-state index in [2.05, 4.69) is 31.4 Å². The highest BCUT2D eigenvalue weighted by Gasteiger charge is 2.41. The fourth-order valence-corrected chi connectivity index (χ4v) is 4.53. The Morgan fingerprint density at radius 1 is 1.18 bits per heavy atom. The van der Waals surface area contributed by atoms with Crippen molar-refractivity contribution < 1.29 is 18.0 Å². The Morgan fingerprint density at radius 3 is 2.41 bits per heavy atom. The van der Waals surface area contributed by atoms with Gasteiger partial charge in [0.25, 0.3) is 5.91 Å². The van der Waals surface area contributed by atoms with Crippen molar-refractivity contribution in [3.05, 3.63) is 67.7 Å². The van der Waals surface area contributed by atoms with Crippen LogP contribution in [-0.4, -0.2) is 32.0 Å². The summed E-state index contributed by atoms with van der Waals surface area (Å²) in [5.74, 6) is -0.211. The van der Waals surface area contributed by atoms with E-state index in [-0.39, 0.29) is 23.4 Å². The Morgan fingerprint density at radius 2 is 1.85 bits per heavy atom. The first kappa shape index (κ1) is 24.8. The minimum Gasteiger partial charge on any atom is -0.352 e. The fourth-order valence-electron chi connectivity index (χ4n) is 3.85. The molecule has 0 atom stereocenters. The molecule has 3 aromatic rings. The summed E-state index contributed by atoms with van der Waals surface area (Å²) in [4.78, 5) is 12.5. The maximum Gasteiger partial charge on any atom is 0.436 e. The Balaban J connectivity index is 1.31. The monoisotopic (exact) mass is 557 g/mol. The number of hydrogen-bond acceptors (Lipinski definition) is 3. The highest BCUT2D eigenvalue weighted by molar-refractivity contribution is 9.10. The summed E-state index contributed by atoms with van der Waals surface area (Å²) in [6, 6.07) is 7.26. The topological polar surface area (TPSA) is 64.7 Å². The molecule has 0 saturated heterocycles. The van der Waals surface area contributed by atoms with Crippen molar-refractivity contribution in [3.8, 4) is 0 Å². The fraction of sp³-hybridized carbons (Fsp3) is 0.435. The molecule has 1 aromatic carbocycles. The van der Waals surface area contributed by atoms with E-state index < -0.39 is 11.9 Å². The Labute approximate surface area is 208 Å². The Kier molecular flexibility index (Phi) is 7.09. The second-order valence-electron chi connectivity index (χ2n) is 8.49. The number of aryl methyl sites for hydroxylation is 2. The summed E-state index contributed by atoms with van der Waals surface area (Å²) < 4.78 is 43.8. The van der Waals surface area contributed by atoms with Crippen LogP contribution in [0.4, 0.5) is 13.2 Å². The summed E-state index contributed by atoms with van der Waals surface area (Å²) in [5.41, 5.74) is 2.89. The van der Waals surface area contributed by atoms with Crippen molar-refractivity contribution in [2.45, 2.75) is 58.3 Å². The summed E-state index contributed by atoms with van der Waals surface area (Å²) in [6.45, 7) is 5.07. The lowest BCUT2D eigenvalue weighted by atomic mass is 10.1. The number of amides is 1. The van der Waals surface area contributed by atoms with Crippen LogP contribution in [0.1, 0.15) is 63.9 Å². The first-order chi connectivity index (χ1) is 16.1. The molecule has 6 nitrogen and oxygen atoms in total. The third-order valence-electron chi connectivity index (χ3n) is 5.84. The zero-order valence-corrected chi connectivity index (χ0v) is 21.1. The van der Waals surface area contributed by atoms with Gasteiger partial charge in [0, 0.05) is 24.6 Å². The van der Waals surface area contributed by atoms with Gasteiger partial charge >= 0.3 is 6.18 Å². The van der Waals surface area contributed by atoms with Gasteiger partial charge in [-0.3, -0.25) is 14.2 Å². The molecule has 1 fully saturated rings. The average molecular weight is 559 g/mol. The van der Waals surface area contributed by atoms with Gasteiger partial charge in [-0.15, -0.1) is 0 Å². The molecule has 0 bridgehead atoms. The van der Waals surface area contributed by atoms with E-state index in [0.29, 0.717) is 30.8 Å². The zero-order valence-electron chi connectivity index (χ0n) is 18.7. The molecule has 1 amide bonds. The number of halogens is 5. The minimum atomic E-state index is -4.59. The molecule has 11 heteroatoms. The highest BCUT2D eigenvalue weighted by Crippen LogP contribution is 2.46. The standard InChI is InChI=1S/C23H24BrClF3N5O/c1-13-18(24)14(2)33(30-13)12-15-4-6-17(7-5-15)22(34)29-10-3-11-32-20(16-8-9-16)19(25)21(31-32)23(26,27)28/h4-7,16H,3,8-12H2,1-2H3,(H,29,34). The number of alkyl halides is 3. The van der Waals surface area contributed by atoms with Crippen LogP contribution in [0.25, 0.3) is 0 Å². The van der Waals surface area contributed by atoms with Crippen LogP contribution in [0.5, 0.6) is 0 Å². The lowest BCUT2D eigenvalue weighted by Crippen LogP contribution is -2.25. The van der Waals surface area contributed by atoms with Crippen LogP contribution in [0, 0.1) is 13.8 Å². The number of carbonyl (C=O) groups is 1. The van der Waals surface area contributed by atoms with Gasteiger partial charge in [-0.2, -0.15) is 23.4 Å². The van der Waals surface area contributed by atoms with Gasteiger partial charge in [0.1, 0.15) is 0 Å². The van der Waals surface area contributed by atoms with Crippen LogP contribution >= 0.6 is 27.5 Å². The van der Waals surface area contributed by atoms with E-state index in [1.54, 1.807) is 12.1 Å². The van der Waals surface area contributed by atoms with Gasteiger partial charge in [-0.1, -0.05) is 23.7 Å². The summed E-state index contributed by atoms with van der Waals surface area (Å²) >= 11 is 9.51. The van der Waals surface area contributed by atoms with E-state index in [1.807, 2.05) is 30.7 Å². The Hall–Kier alpha value is -2.33. The van der Waals surface area contributed by atoms with Crippen molar-refractivity contribution >= 4 is 33.4 Å². The molecule has 34 heavy (non-hydrogen) atoms. The van der Waals surface area contributed by atoms with Crippen LogP contribution in [0.15, 0.2) is 28.7 Å². The predicted molar refractivity (Wildman–Crippen MR) is 126 cm³/mol. The maximum absolute atomic E-state index is 13.2. The van der Waals surface area contributed by atoms with Gasteiger partial charge in [0.05, 0.1) is 33.1 Å². The molecule has 0 aliphatic heterocycles. The normalized spacial score (nSPS) is 14.0. The molecule has 1 aliphatic carbocycles. The predicted octanol–water partition coefficient (Wildman–Crippen LogP) is 5.88. The van der Waals surface area contributed by atoms with Gasteiger partial charge < -0.3 is 5.32 Å².